The number of nitrogens with zero attached hydrogens (tertiary/aromatic N) is 3. The molecule has 0 bridgehead atoms. The molecule has 0 saturated carbocycles. The molecule has 2 N–H and O–H groups in total. The van der Waals surface area contributed by atoms with Crippen LogP contribution in [0.25, 0.3) is 0 Å². The van der Waals surface area contributed by atoms with Crippen LogP contribution in [0.4, 0.5) is 11.6 Å². The molecular formula is C16H28N4O. The number of nitrogens with one attached hydrogen (secondary N) is 1. The molecule has 0 aromatic carbocycles. The lowest BCUT2D eigenvalue weighted by Gasteiger charge is -2.30. The van der Waals surface area contributed by atoms with Gasteiger partial charge >= 0.3 is 0 Å². The number of hydrogen-bond donors (Lipinski definition) is 2. The van der Waals surface area contributed by atoms with Gasteiger partial charge in [0.15, 0.2) is 0 Å². The molecule has 1 aromatic heterocycles. The van der Waals surface area contributed by atoms with E-state index in [4.69, 9.17) is 4.98 Å². The number of aryl methyl sites for hydroxylation is 1. The molecule has 0 spiro atoms. The minimum absolute atomic E-state index is 0.186. The van der Waals surface area contributed by atoms with Gasteiger partial charge < -0.3 is 15.3 Å². The predicted molar refractivity (Wildman–Crippen MR) is 86.9 cm³/mol. The fraction of sp³-hybridized carbons (Fsp3) is 0.750. The first-order chi connectivity index (χ1) is 10.3. The molecule has 5 nitrogen and oxygen atoms in total. The van der Waals surface area contributed by atoms with Crippen LogP contribution >= 0.6 is 0 Å². The molecule has 1 atom stereocenters. The summed E-state index contributed by atoms with van der Waals surface area (Å²) >= 11 is 0. The van der Waals surface area contributed by atoms with Gasteiger partial charge in [0.05, 0.1) is 12.6 Å². The number of hydrogen-bond acceptors (Lipinski definition) is 5. The summed E-state index contributed by atoms with van der Waals surface area (Å²) in [5.74, 6) is 2.75. The molecule has 0 aliphatic carbocycles. The average Bonchev–Trinajstić information content (AvgIpc) is 2.73. The van der Waals surface area contributed by atoms with Gasteiger partial charge in [-0.1, -0.05) is 19.8 Å². The summed E-state index contributed by atoms with van der Waals surface area (Å²) in [7, 11) is 0. The highest BCUT2D eigenvalue weighted by Crippen LogP contribution is 2.24. The lowest BCUT2D eigenvalue weighted by molar-refractivity contribution is 0.254. The Balaban J connectivity index is 2.29. The molecule has 1 saturated heterocycles. The normalized spacial score (nSPS) is 19.4. The second-order valence-electron chi connectivity index (χ2n) is 5.69. The summed E-state index contributed by atoms with van der Waals surface area (Å²) in [6, 6.07) is 2.21. The third-order valence-electron chi connectivity index (χ3n) is 3.97. The van der Waals surface area contributed by atoms with Gasteiger partial charge in [0, 0.05) is 25.6 Å². The fourth-order valence-electron chi connectivity index (χ4n) is 2.91. The molecule has 5 heteroatoms. The molecule has 2 rings (SSSR count). The quantitative estimate of drug-likeness (QED) is 0.844. The zero-order chi connectivity index (χ0) is 15.1. The minimum Gasteiger partial charge on any atom is -0.394 e. The molecule has 2 heterocycles. The Kier molecular flexibility index (Phi) is 6.23. The van der Waals surface area contributed by atoms with Crippen LogP contribution in [-0.4, -0.2) is 40.8 Å². The van der Waals surface area contributed by atoms with E-state index in [1.807, 2.05) is 6.07 Å². The highest BCUT2D eigenvalue weighted by Gasteiger charge is 2.22. The second-order valence-corrected chi connectivity index (χ2v) is 5.69. The van der Waals surface area contributed by atoms with E-state index >= 15 is 0 Å². The Hall–Kier alpha value is -1.36. The van der Waals surface area contributed by atoms with Crippen molar-refractivity contribution < 1.29 is 5.11 Å². The van der Waals surface area contributed by atoms with Gasteiger partial charge in [-0.3, -0.25) is 0 Å². The lowest BCUT2D eigenvalue weighted by Crippen LogP contribution is -2.38. The Morgan fingerprint density at radius 1 is 1.29 bits per heavy atom. The van der Waals surface area contributed by atoms with E-state index in [-0.39, 0.29) is 12.6 Å². The number of aliphatic hydroxyl groups excluding tert-OH is 1. The van der Waals surface area contributed by atoms with Crippen LogP contribution in [0.15, 0.2) is 6.07 Å². The van der Waals surface area contributed by atoms with Crippen molar-refractivity contribution in [1.82, 2.24) is 9.97 Å². The zero-order valence-electron chi connectivity index (χ0n) is 13.3. The van der Waals surface area contributed by atoms with Gasteiger partial charge in [-0.2, -0.15) is 0 Å². The van der Waals surface area contributed by atoms with Crippen LogP contribution in [0.2, 0.25) is 0 Å². The van der Waals surface area contributed by atoms with Crippen LogP contribution in [0.3, 0.4) is 0 Å². The van der Waals surface area contributed by atoms with Crippen molar-refractivity contribution in [2.45, 2.75) is 58.4 Å². The van der Waals surface area contributed by atoms with Crippen molar-refractivity contribution >= 4 is 11.6 Å². The number of anilines is 2. The first-order valence-electron chi connectivity index (χ1n) is 8.27. The largest absolute Gasteiger partial charge is 0.394 e. The lowest BCUT2D eigenvalue weighted by atomic mass is 10.1. The molecule has 118 valence electrons. The van der Waals surface area contributed by atoms with E-state index in [2.05, 4.69) is 29.0 Å². The molecule has 1 unspecified atom stereocenters. The SMILES string of the molecule is CCCc1nc(NCC)cc(N2CCCCCC2CO)n1. The standard InChI is InChI=1S/C16H28N4O/c1-3-8-14-18-15(17-4-2)11-16(19-14)20-10-7-5-6-9-13(20)12-21/h11,13,21H,3-10,12H2,1-2H3,(H,17,18,19). The van der Waals surface area contributed by atoms with E-state index in [1.165, 1.54) is 19.3 Å². The van der Waals surface area contributed by atoms with Crippen LogP contribution in [-0.2, 0) is 6.42 Å². The highest BCUT2D eigenvalue weighted by atomic mass is 16.3. The third kappa shape index (κ3) is 4.30. The Morgan fingerprint density at radius 3 is 2.86 bits per heavy atom. The fourth-order valence-corrected chi connectivity index (χ4v) is 2.91. The maximum Gasteiger partial charge on any atom is 0.134 e. The van der Waals surface area contributed by atoms with Crippen LogP contribution in [0.1, 0.15) is 51.8 Å². The molecule has 1 fully saturated rings. The van der Waals surface area contributed by atoms with Crippen molar-refractivity contribution in [1.29, 1.82) is 0 Å². The molecule has 1 aliphatic heterocycles. The maximum atomic E-state index is 9.69. The molecule has 1 aromatic rings. The van der Waals surface area contributed by atoms with Crippen molar-refractivity contribution in [3.8, 4) is 0 Å². The predicted octanol–water partition coefficient (Wildman–Crippen LogP) is 2.60. The van der Waals surface area contributed by atoms with Gasteiger partial charge in [-0.15, -0.1) is 0 Å². The summed E-state index contributed by atoms with van der Waals surface area (Å²) in [5.41, 5.74) is 0. The molecule has 21 heavy (non-hydrogen) atoms. The van der Waals surface area contributed by atoms with E-state index in [9.17, 15) is 5.11 Å². The Morgan fingerprint density at radius 2 is 2.14 bits per heavy atom. The smallest absolute Gasteiger partial charge is 0.134 e. The van der Waals surface area contributed by atoms with Crippen LogP contribution < -0.4 is 10.2 Å². The molecule has 0 amide bonds. The van der Waals surface area contributed by atoms with E-state index < -0.39 is 0 Å². The topological polar surface area (TPSA) is 61.3 Å². The minimum atomic E-state index is 0.186. The average molecular weight is 292 g/mol. The van der Waals surface area contributed by atoms with E-state index in [1.54, 1.807) is 0 Å². The highest BCUT2D eigenvalue weighted by molar-refractivity contribution is 5.50. The van der Waals surface area contributed by atoms with Gasteiger partial charge in [-0.05, 0) is 26.2 Å². The molecule has 0 radical (unpaired) electrons. The Labute approximate surface area is 127 Å². The van der Waals surface area contributed by atoms with E-state index in [0.717, 1.165) is 49.8 Å². The number of rotatable bonds is 6. The van der Waals surface area contributed by atoms with E-state index in [0.29, 0.717) is 0 Å². The van der Waals surface area contributed by atoms with Gasteiger partial charge in [0.25, 0.3) is 0 Å². The van der Waals surface area contributed by atoms with Crippen molar-refractivity contribution in [2.24, 2.45) is 0 Å². The summed E-state index contributed by atoms with van der Waals surface area (Å²) < 4.78 is 0. The zero-order valence-corrected chi connectivity index (χ0v) is 13.3. The van der Waals surface area contributed by atoms with Crippen molar-refractivity contribution in [3.05, 3.63) is 11.9 Å². The first kappa shape index (κ1) is 16.0. The summed E-state index contributed by atoms with van der Waals surface area (Å²) in [6.07, 6.45) is 6.57. The van der Waals surface area contributed by atoms with Gasteiger partial charge in [0.2, 0.25) is 0 Å². The van der Waals surface area contributed by atoms with Crippen molar-refractivity contribution in [3.63, 3.8) is 0 Å². The summed E-state index contributed by atoms with van der Waals surface area (Å²) in [5, 5.41) is 13.0. The third-order valence-corrected chi connectivity index (χ3v) is 3.97. The van der Waals surface area contributed by atoms with Gasteiger partial charge in [0.1, 0.15) is 17.5 Å². The summed E-state index contributed by atoms with van der Waals surface area (Å²) in [4.78, 5) is 11.6. The first-order valence-corrected chi connectivity index (χ1v) is 8.27. The monoisotopic (exact) mass is 292 g/mol. The second kappa shape index (κ2) is 8.17. The molecular weight excluding hydrogens is 264 g/mol. The number of aromatic nitrogens is 2. The maximum absolute atomic E-state index is 9.69. The van der Waals surface area contributed by atoms with Crippen molar-refractivity contribution in [2.75, 3.05) is 29.9 Å². The van der Waals surface area contributed by atoms with Gasteiger partial charge in [-0.25, -0.2) is 9.97 Å². The summed E-state index contributed by atoms with van der Waals surface area (Å²) in [6.45, 7) is 6.24. The number of aliphatic hydroxyl groups is 1. The molecule has 1 aliphatic rings. The van der Waals surface area contributed by atoms with Crippen LogP contribution in [0, 0.1) is 0 Å². The van der Waals surface area contributed by atoms with Crippen LogP contribution in [0.5, 0.6) is 0 Å². The Bertz CT molecular complexity index is 414.